The lowest BCUT2D eigenvalue weighted by atomic mass is 11.7. The van der Waals surface area contributed by atoms with E-state index in [9.17, 15) is 4.21 Å². The average molecular weight is 109 g/mol. The van der Waals surface area contributed by atoms with Crippen LogP contribution in [0.4, 0.5) is 0 Å². The molecule has 0 bridgehead atoms. The van der Waals surface area contributed by atoms with Crippen LogP contribution in [0, 0.1) is 0 Å². The summed E-state index contributed by atoms with van der Waals surface area (Å²) >= 11 is -2.49. The molecule has 0 aromatic carbocycles. The Hall–Kier alpha value is -0.420. The minimum Gasteiger partial charge on any atom is -0.334 e. The van der Waals surface area contributed by atoms with Gasteiger partial charge in [0.25, 0.3) is 0 Å². The third kappa shape index (κ3) is 3.58. The van der Waals surface area contributed by atoms with Crippen LogP contribution in [0.2, 0.25) is 0 Å². The van der Waals surface area contributed by atoms with Crippen LogP contribution in [0.15, 0.2) is 0 Å². The maximum atomic E-state index is 9.23. The molecular formula is CHO4S. The molecule has 0 aromatic heterocycles. The van der Waals surface area contributed by atoms with Gasteiger partial charge in [-0.25, -0.2) is 4.79 Å². The van der Waals surface area contributed by atoms with Gasteiger partial charge in [0.05, 0.1) is 0 Å². The molecule has 0 aliphatic heterocycles. The molecule has 0 aliphatic rings. The van der Waals surface area contributed by atoms with Crippen molar-refractivity contribution in [3.63, 3.8) is 0 Å². The Kier molecular flexibility index (Phi) is 2.60. The SMILES string of the molecule is O=[C]OS(=O)O. The van der Waals surface area contributed by atoms with Gasteiger partial charge < -0.3 is 4.18 Å². The Balaban J connectivity index is 3.05. The molecule has 0 aromatic rings. The average Bonchev–Trinajstić information content (AvgIpc) is 1.35. The van der Waals surface area contributed by atoms with Crippen LogP contribution < -0.4 is 0 Å². The summed E-state index contributed by atoms with van der Waals surface area (Å²) in [4.78, 5) is 8.91. The lowest BCUT2D eigenvalue weighted by molar-refractivity contribution is 0.413. The van der Waals surface area contributed by atoms with Crippen molar-refractivity contribution in [1.82, 2.24) is 0 Å². The lowest BCUT2D eigenvalue weighted by Crippen LogP contribution is -1.89. The number of rotatable bonds is 2. The van der Waals surface area contributed by atoms with Crippen molar-refractivity contribution in [3.8, 4) is 0 Å². The standard InChI is InChI=1S/CHO4S/c2-1-5-6(3)4/h(H,3,4). The summed E-state index contributed by atoms with van der Waals surface area (Å²) in [6.07, 6.45) is 0. The zero-order valence-corrected chi connectivity index (χ0v) is 3.40. The molecule has 1 N–H and O–H groups in total. The third-order valence-corrected chi connectivity index (χ3v) is 0.316. The van der Waals surface area contributed by atoms with Crippen LogP contribution in [0.1, 0.15) is 0 Å². The highest BCUT2D eigenvalue weighted by molar-refractivity contribution is 7.74. The van der Waals surface area contributed by atoms with Crippen molar-refractivity contribution < 1.29 is 17.7 Å². The van der Waals surface area contributed by atoms with Crippen LogP contribution in [-0.2, 0) is 20.3 Å². The first-order chi connectivity index (χ1) is 2.77. The molecule has 0 spiro atoms. The number of hydrogen-bond donors (Lipinski definition) is 1. The molecule has 0 aliphatic carbocycles. The molecule has 6 heavy (non-hydrogen) atoms. The first-order valence-corrected chi connectivity index (χ1v) is 1.96. The second-order valence-corrected chi connectivity index (χ2v) is 0.985. The molecule has 0 saturated heterocycles. The van der Waals surface area contributed by atoms with E-state index >= 15 is 0 Å². The molecule has 1 radical (unpaired) electrons. The Bertz CT molecular complexity index is 67.9. The smallest absolute Gasteiger partial charge is 0.334 e. The third-order valence-electron chi connectivity index (χ3n) is 0.105. The van der Waals surface area contributed by atoms with E-state index in [4.69, 9.17) is 9.35 Å². The van der Waals surface area contributed by atoms with Gasteiger partial charge in [-0.1, -0.05) is 0 Å². The van der Waals surface area contributed by atoms with Gasteiger partial charge in [-0.2, -0.15) is 4.21 Å². The molecule has 5 heteroatoms. The maximum Gasteiger partial charge on any atom is 0.434 e. The minimum atomic E-state index is -2.49. The van der Waals surface area contributed by atoms with E-state index in [0.29, 0.717) is 0 Å². The fourth-order valence-electron chi connectivity index (χ4n) is 0.0291. The van der Waals surface area contributed by atoms with E-state index in [1.54, 1.807) is 0 Å². The van der Waals surface area contributed by atoms with Gasteiger partial charge in [0.15, 0.2) is 0 Å². The van der Waals surface area contributed by atoms with Crippen molar-refractivity contribution in [3.05, 3.63) is 0 Å². The highest BCUT2D eigenvalue weighted by atomic mass is 32.2. The van der Waals surface area contributed by atoms with Crippen molar-refractivity contribution in [2.24, 2.45) is 0 Å². The van der Waals surface area contributed by atoms with E-state index in [-0.39, 0.29) is 0 Å². The van der Waals surface area contributed by atoms with Gasteiger partial charge >= 0.3 is 17.8 Å². The Morgan fingerprint density at radius 3 is 2.33 bits per heavy atom. The normalized spacial score (nSPS) is 12.8. The molecule has 1 atom stereocenters. The van der Waals surface area contributed by atoms with Gasteiger partial charge in [0.2, 0.25) is 0 Å². The highest BCUT2D eigenvalue weighted by Gasteiger charge is 1.84. The summed E-state index contributed by atoms with van der Waals surface area (Å²) in [5, 5.41) is 0. The van der Waals surface area contributed by atoms with Crippen LogP contribution in [0.3, 0.4) is 0 Å². The fraction of sp³-hybridized carbons (Fsp3) is 0. The molecule has 0 saturated carbocycles. The van der Waals surface area contributed by atoms with Gasteiger partial charge in [0.1, 0.15) is 0 Å². The number of carbonyl (C=O) groups excluding carboxylic acids is 1. The van der Waals surface area contributed by atoms with Crippen molar-refractivity contribution in [2.75, 3.05) is 0 Å². The Morgan fingerprint density at radius 2 is 2.33 bits per heavy atom. The van der Waals surface area contributed by atoms with Crippen LogP contribution in [0.25, 0.3) is 0 Å². The summed E-state index contributed by atoms with van der Waals surface area (Å²) < 4.78 is 20.0. The van der Waals surface area contributed by atoms with Crippen LogP contribution in [-0.4, -0.2) is 15.2 Å². The second kappa shape index (κ2) is 2.80. The molecule has 1 unspecified atom stereocenters. The quantitative estimate of drug-likeness (QED) is 0.472. The zero-order valence-electron chi connectivity index (χ0n) is 2.58. The van der Waals surface area contributed by atoms with Gasteiger partial charge in [-0.3, -0.25) is 4.55 Å². The Labute approximate surface area is 36.6 Å². The molecule has 4 nitrogen and oxygen atoms in total. The first-order valence-electron chi connectivity index (χ1n) is 0.924. The summed E-state index contributed by atoms with van der Waals surface area (Å²) in [7, 11) is 0. The molecule has 0 rings (SSSR count). The maximum absolute atomic E-state index is 9.23. The van der Waals surface area contributed by atoms with E-state index < -0.39 is 11.4 Å². The topological polar surface area (TPSA) is 63.6 Å². The zero-order chi connectivity index (χ0) is 4.99. The lowest BCUT2D eigenvalue weighted by Gasteiger charge is -1.76. The summed E-state index contributed by atoms with van der Waals surface area (Å²) in [6.45, 7) is 0.767. The van der Waals surface area contributed by atoms with E-state index in [1.807, 2.05) is 0 Å². The largest absolute Gasteiger partial charge is 0.434 e. The monoisotopic (exact) mass is 109 g/mol. The molecule has 35 valence electrons. The summed E-state index contributed by atoms with van der Waals surface area (Å²) in [5.41, 5.74) is 0. The van der Waals surface area contributed by atoms with Crippen molar-refractivity contribution >= 4 is 17.8 Å². The van der Waals surface area contributed by atoms with Crippen molar-refractivity contribution in [2.45, 2.75) is 0 Å². The van der Waals surface area contributed by atoms with Crippen molar-refractivity contribution in [1.29, 1.82) is 0 Å². The van der Waals surface area contributed by atoms with Crippen LogP contribution >= 0.6 is 0 Å². The first kappa shape index (κ1) is 5.58. The van der Waals surface area contributed by atoms with Gasteiger partial charge in [-0.05, 0) is 0 Å². The molecular weight excluding hydrogens is 108 g/mol. The molecule has 0 amide bonds. The van der Waals surface area contributed by atoms with E-state index in [1.165, 1.54) is 0 Å². The van der Waals surface area contributed by atoms with Crippen LogP contribution in [0.5, 0.6) is 0 Å². The predicted octanol–water partition coefficient (Wildman–Crippen LogP) is -0.793. The fourth-order valence-corrected chi connectivity index (χ4v) is 0.0873. The summed E-state index contributed by atoms with van der Waals surface area (Å²) in [6, 6.07) is 0. The van der Waals surface area contributed by atoms with Gasteiger partial charge in [-0.15, -0.1) is 0 Å². The minimum absolute atomic E-state index is 0.767. The highest BCUT2D eigenvalue weighted by Crippen LogP contribution is 1.66. The second-order valence-electron chi connectivity index (χ2n) is 0.384. The number of hydrogen-bond acceptors (Lipinski definition) is 3. The van der Waals surface area contributed by atoms with E-state index in [0.717, 1.165) is 6.47 Å². The predicted molar refractivity (Wildman–Crippen MR) is 17.5 cm³/mol. The Morgan fingerprint density at radius 1 is 1.83 bits per heavy atom. The molecule has 0 fully saturated rings. The van der Waals surface area contributed by atoms with Gasteiger partial charge in [0, 0.05) is 0 Å². The summed E-state index contributed by atoms with van der Waals surface area (Å²) in [5.74, 6) is 0. The molecule has 0 heterocycles. The van der Waals surface area contributed by atoms with E-state index in [2.05, 4.69) is 4.18 Å².